The summed E-state index contributed by atoms with van der Waals surface area (Å²) < 4.78 is 17.5. The van der Waals surface area contributed by atoms with Crippen LogP contribution in [0.5, 0.6) is 11.5 Å². The topological polar surface area (TPSA) is 44.0 Å². The number of para-hydroxylation sites is 1. The van der Waals surface area contributed by atoms with Crippen LogP contribution in [0, 0.1) is 6.92 Å². The number of nitrogens with zero attached hydrogens (tertiary/aromatic N) is 1. The molecule has 0 saturated heterocycles. The zero-order valence-corrected chi connectivity index (χ0v) is 16.6. The van der Waals surface area contributed by atoms with Gasteiger partial charge < -0.3 is 13.9 Å². The standard InChI is InChI=1S/C24H25NO3/c1-14-15-8-5-7-11-20(15)28-24(14)23-18-13-22(27-3)21(26-2)12-17(18)16-9-4-6-10-19(16)25-23/h5,7-8,11-13,16,19H,4,6,9-10H2,1-3H3/t16-,19-/m0/s1. The molecule has 1 aromatic heterocycles. The Balaban J connectivity index is 1.75. The number of aryl methyl sites for hydroxylation is 1. The van der Waals surface area contributed by atoms with Crippen molar-refractivity contribution in [3.05, 3.63) is 58.8 Å². The summed E-state index contributed by atoms with van der Waals surface area (Å²) in [5.41, 5.74) is 5.43. The summed E-state index contributed by atoms with van der Waals surface area (Å²) in [4.78, 5) is 5.23. The monoisotopic (exact) mass is 375 g/mol. The Labute approximate surface area is 165 Å². The molecule has 0 spiro atoms. The number of benzene rings is 2. The van der Waals surface area contributed by atoms with Crippen LogP contribution in [-0.4, -0.2) is 26.0 Å². The Morgan fingerprint density at radius 2 is 1.75 bits per heavy atom. The third-order valence-corrected chi connectivity index (χ3v) is 6.29. The molecule has 2 heterocycles. The second-order valence-corrected chi connectivity index (χ2v) is 7.78. The third-order valence-electron chi connectivity index (χ3n) is 6.29. The van der Waals surface area contributed by atoms with Gasteiger partial charge in [-0.2, -0.15) is 0 Å². The van der Waals surface area contributed by atoms with Gasteiger partial charge in [-0.25, -0.2) is 0 Å². The molecule has 0 unspecified atom stereocenters. The smallest absolute Gasteiger partial charge is 0.161 e. The van der Waals surface area contributed by atoms with Gasteiger partial charge in [-0.15, -0.1) is 0 Å². The number of fused-ring (bicyclic) bond motifs is 4. The molecule has 4 heteroatoms. The maximum Gasteiger partial charge on any atom is 0.161 e. The average Bonchev–Trinajstić information content (AvgIpc) is 3.08. The van der Waals surface area contributed by atoms with Gasteiger partial charge in [0.1, 0.15) is 11.3 Å². The van der Waals surface area contributed by atoms with Crippen molar-refractivity contribution in [3.63, 3.8) is 0 Å². The van der Waals surface area contributed by atoms with Gasteiger partial charge in [-0.05, 0) is 43.5 Å². The molecular weight excluding hydrogens is 350 g/mol. The summed E-state index contributed by atoms with van der Waals surface area (Å²) in [5.74, 6) is 2.83. The molecule has 0 N–H and O–H groups in total. The Morgan fingerprint density at radius 3 is 2.54 bits per heavy atom. The summed E-state index contributed by atoms with van der Waals surface area (Å²) in [7, 11) is 3.38. The van der Waals surface area contributed by atoms with Gasteiger partial charge in [0.25, 0.3) is 0 Å². The lowest BCUT2D eigenvalue weighted by atomic mass is 9.75. The molecule has 2 atom stereocenters. The van der Waals surface area contributed by atoms with Crippen molar-refractivity contribution in [3.8, 4) is 11.5 Å². The first kappa shape index (κ1) is 17.4. The molecule has 28 heavy (non-hydrogen) atoms. The van der Waals surface area contributed by atoms with Crippen LogP contribution in [0.15, 0.2) is 45.8 Å². The molecule has 144 valence electrons. The maximum absolute atomic E-state index is 6.30. The number of aliphatic imine (C=N–C) groups is 1. The molecular formula is C24H25NO3. The van der Waals surface area contributed by atoms with Crippen LogP contribution in [0.4, 0.5) is 0 Å². The van der Waals surface area contributed by atoms with Crippen LogP contribution in [0.3, 0.4) is 0 Å². The van der Waals surface area contributed by atoms with Gasteiger partial charge in [0.05, 0.1) is 20.3 Å². The zero-order valence-electron chi connectivity index (χ0n) is 16.6. The Bertz CT molecular complexity index is 1080. The van der Waals surface area contributed by atoms with Gasteiger partial charge in [-0.1, -0.05) is 31.0 Å². The fraction of sp³-hybridized carbons (Fsp3) is 0.375. The highest BCUT2D eigenvalue weighted by atomic mass is 16.5. The van der Waals surface area contributed by atoms with E-state index in [0.29, 0.717) is 12.0 Å². The second-order valence-electron chi connectivity index (χ2n) is 7.78. The normalized spacial score (nSPS) is 21.0. The quantitative estimate of drug-likeness (QED) is 0.595. The first-order chi connectivity index (χ1) is 13.7. The highest BCUT2D eigenvalue weighted by molar-refractivity contribution is 6.16. The SMILES string of the molecule is COc1cc2c(cc1OC)[C@@H]1CCCC[C@@H]1N=C2c1oc2ccccc2c1C. The summed E-state index contributed by atoms with van der Waals surface area (Å²) in [6.45, 7) is 2.12. The lowest BCUT2D eigenvalue weighted by Gasteiger charge is -2.35. The first-order valence-electron chi connectivity index (χ1n) is 10.0. The fourth-order valence-corrected chi connectivity index (χ4v) is 4.85. The highest BCUT2D eigenvalue weighted by Crippen LogP contribution is 2.45. The highest BCUT2D eigenvalue weighted by Gasteiger charge is 2.36. The molecule has 4 nitrogen and oxygen atoms in total. The number of ether oxygens (including phenoxy) is 2. The van der Waals surface area contributed by atoms with Crippen molar-refractivity contribution in [2.45, 2.75) is 44.6 Å². The lowest BCUT2D eigenvalue weighted by molar-refractivity contribution is 0.349. The van der Waals surface area contributed by atoms with E-state index in [2.05, 4.69) is 31.2 Å². The zero-order chi connectivity index (χ0) is 19.3. The van der Waals surface area contributed by atoms with Gasteiger partial charge in [-0.3, -0.25) is 4.99 Å². The Hall–Kier alpha value is -2.75. The molecule has 1 saturated carbocycles. The molecule has 1 fully saturated rings. The largest absolute Gasteiger partial charge is 0.493 e. The van der Waals surface area contributed by atoms with E-state index < -0.39 is 0 Å². The molecule has 0 bridgehead atoms. The molecule has 2 aromatic carbocycles. The van der Waals surface area contributed by atoms with E-state index in [1.807, 2.05) is 12.1 Å². The summed E-state index contributed by atoms with van der Waals surface area (Å²) in [5, 5.41) is 1.15. The van der Waals surface area contributed by atoms with Crippen LogP contribution >= 0.6 is 0 Å². The van der Waals surface area contributed by atoms with Crippen LogP contribution in [-0.2, 0) is 0 Å². The van der Waals surface area contributed by atoms with Crippen molar-refractivity contribution < 1.29 is 13.9 Å². The first-order valence-corrected chi connectivity index (χ1v) is 10.0. The molecule has 1 aliphatic heterocycles. The third kappa shape index (κ3) is 2.55. The van der Waals surface area contributed by atoms with Crippen molar-refractivity contribution in [2.75, 3.05) is 14.2 Å². The van der Waals surface area contributed by atoms with Crippen molar-refractivity contribution in [1.29, 1.82) is 0 Å². The molecule has 0 amide bonds. The number of hydrogen-bond acceptors (Lipinski definition) is 4. The maximum atomic E-state index is 6.30. The molecule has 3 aromatic rings. The molecule has 5 rings (SSSR count). The van der Waals surface area contributed by atoms with Gasteiger partial charge >= 0.3 is 0 Å². The van der Waals surface area contributed by atoms with Crippen molar-refractivity contribution >= 4 is 16.7 Å². The fourth-order valence-electron chi connectivity index (χ4n) is 4.85. The van der Waals surface area contributed by atoms with Crippen molar-refractivity contribution in [1.82, 2.24) is 0 Å². The average molecular weight is 375 g/mol. The van der Waals surface area contributed by atoms with Crippen LogP contribution in [0.1, 0.15) is 54.1 Å². The van der Waals surface area contributed by atoms with Crippen LogP contribution in [0.2, 0.25) is 0 Å². The minimum atomic E-state index is 0.307. The number of furan rings is 1. The predicted octanol–water partition coefficient (Wildman–Crippen LogP) is 5.64. The summed E-state index contributed by atoms with van der Waals surface area (Å²) in [6.07, 6.45) is 4.79. The number of methoxy groups -OCH3 is 2. The Morgan fingerprint density at radius 1 is 1.00 bits per heavy atom. The van der Waals surface area contributed by atoms with E-state index in [4.69, 9.17) is 18.9 Å². The molecule has 1 aliphatic carbocycles. The molecule has 2 aliphatic rings. The lowest BCUT2D eigenvalue weighted by Crippen LogP contribution is -2.29. The van der Waals surface area contributed by atoms with Gasteiger partial charge in [0.2, 0.25) is 0 Å². The van der Waals surface area contributed by atoms with Crippen LogP contribution in [0.25, 0.3) is 11.0 Å². The van der Waals surface area contributed by atoms with E-state index in [-0.39, 0.29) is 0 Å². The minimum absolute atomic E-state index is 0.307. The van der Waals surface area contributed by atoms with E-state index in [1.165, 1.54) is 24.8 Å². The Kier molecular flexibility index (Phi) is 4.15. The van der Waals surface area contributed by atoms with E-state index in [0.717, 1.165) is 51.5 Å². The van der Waals surface area contributed by atoms with Gasteiger partial charge in [0.15, 0.2) is 17.3 Å². The van der Waals surface area contributed by atoms with Gasteiger partial charge in [0, 0.05) is 22.4 Å². The van der Waals surface area contributed by atoms with Crippen molar-refractivity contribution in [2.24, 2.45) is 4.99 Å². The number of rotatable bonds is 3. The minimum Gasteiger partial charge on any atom is -0.493 e. The van der Waals surface area contributed by atoms with E-state index >= 15 is 0 Å². The molecule has 0 radical (unpaired) electrons. The van der Waals surface area contributed by atoms with E-state index in [1.54, 1.807) is 14.2 Å². The summed E-state index contributed by atoms with van der Waals surface area (Å²) in [6, 6.07) is 12.7. The second kappa shape index (κ2) is 6.69. The number of hydrogen-bond donors (Lipinski definition) is 0. The summed E-state index contributed by atoms with van der Waals surface area (Å²) >= 11 is 0. The van der Waals surface area contributed by atoms with Crippen LogP contribution < -0.4 is 9.47 Å². The van der Waals surface area contributed by atoms with E-state index in [9.17, 15) is 0 Å². The predicted molar refractivity (Wildman–Crippen MR) is 111 cm³/mol.